The highest BCUT2D eigenvalue weighted by molar-refractivity contribution is 5.76. The van der Waals surface area contributed by atoms with Crippen molar-refractivity contribution < 1.29 is 24.2 Å². The highest BCUT2D eigenvalue weighted by Crippen LogP contribution is 2.27. The Morgan fingerprint density at radius 3 is 2.14 bits per heavy atom. The Morgan fingerprint density at radius 1 is 1.18 bits per heavy atom. The summed E-state index contributed by atoms with van der Waals surface area (Å²) in [5, 5.41) is 9.13. The van der Waals surface area contributed by atoms with Crippen LogP contribution in [-0.4, -0.2) is 48.6 Å². The van der Waals surface area contributed by atoms with Gasteiger partial charge in [0.05, 0.1) is 5.92 Å². The van der Waals surface area contributed by atoms with Crippen molar-refractivity contribution in [3.05, 3.63) is 0 Å². The summed E-state index contributed by atoms with van der Waals surface area (Å²) >= 11 is 0. The first kappa shape index (κ1) is 20.6. The molecule has 0 saturated carbocycles. The smallest absolute Gasteiger partial charge is 0.334 e. The predicted molar refractivity (Wildman–Crippen MR) is 84.8 cm³/mol. The molecule has 0 saturated heterocycles. The fourth-order valence-corrected chi connectivity index (χ4v) is 1.77. The summed E-state index contributed by atoms with van der Waals surface area (Å²) in [6.45, 7) is 10.3. The highest BCUT2D eigenvalue weighted by Gasteiger charge is 2.33. The summed E-state index contributed by atoms with van der Waals surface area (Å²) in [7, 11) is 1.68. The van der Waals surface area contributed by atoms with E-state index in [9.17, 15) is 9.59 Å². The van der Waals surface area contributed by atoms with E-state index >= 15 is 0 Å². The van der Waals surface area contributed by atoms with E-state index in [4.69, 9.17) is 14.6 Å². The molecule has 128 valence electrons. The number of aliphatic imine (C=N–C) groups is 1. The third-order valence-corrected chi connectivity index (χ3v) is 4.13. The normalized spacial score (nSPS) is 19.8. The largest absolute Gasteiger partial charge is 0.461 e. The minimum absolute atomic E-state index is 0.344. The van der Waals surface area contributed by atoms with Crippen molar-refractivity contribution in [2.75, 3.05) is 7.05 Å². The van der Waals surface area contributed by atoms with Crippen LogP contribution in [0.25, 0.3) is 0 Å². The molecule has 0 amide bonds. The quantitative estimate of drug-likeness (QED) is 0.547. The minimum Gasteiger partial charge on any atom is -0.461 e. The van der Waals surface area contributed by atoms with Crippen molar-refractivity contribution in [2.24, 2.45) is 16.3 Å². The third-order valence-electron chi connectivity index (χ3n) is 4.13. The Kier molecular flexibility index (Phi) is 8.30. The first-order valence-electron chi connectivity index (χ1n) is 7.61. The third kappa shape index (κ3) is 5.75. The molecule has 0 aliphatic heterocycles. The molecule has 5 atom stereocenters. The number of aliphatic hydroxyl groups excluding tert-OH is 1. The van der Waals surface area contributed by atoms with Crippen LogP contribution in [0.4, 0.5) is 0 Å². The van der Waals surface area contributed by atoms with Gasteiger partial charge in [-0.15, -0.1) is 0 Å². The van der Waals surface area contributed by atoms with Crippen molar-refractivity contribution in [3.63, 3.8) is 0 Å². The van der Waals surface area contributed by atoms with Crippen molar-refractivity contribution in [1.29, 1.82) is 0 Å². The zero-order valence-electron chi connectivity index (χ0n) is 14.6. The number of hydrogen-bond acceptors (Lipinski definition) is 6. The Balaban J connectivity index is 4.73. The van der Waals surface area contributed by atoms with Crippen molar-refractivity contribution in [1.82, 2.24) is 0 Å². The molecule has 0 aliphatic rings. The molecule has 0 aromatic rings. The lowest BCUT2D eigenvalue weighted by molar-refractivity contribution is -0.169. The fraction of sp³-hybridized carbons (Fsp3) is 0.812. The van der Waals surface area contributed by atoms with Crippen molar-refractivity contribution >= 4 is 18.2 Å². The highest BCUT2D eigenvalue weighted by atomic mass is 16.6. The maximum atomic E-state index is 12.2. The Morgan fingerprint density at radius 2 is 1.73 bits per heavy atom. The molecule has 0 fully saturated rings. The minimum atomic E-state index is -1.21. The van der Waals surface area contributed by atoms with Gasteiger partial charge in [-0.05, 0) is 34.1 Å². The number of hydrogen-bond donors (Lipinski definition) is 1. The van der Waals surface area contributed by atoms with Crippen LogP contribution in [0.15, 0.2) is 4.99 Å². The van der Waals surface area contributed by atoms with Gasteiger partial charge in [-0.1, -0.05) is 13.8 Å². The molecule has 1 N–H and O–H groups in total. The van der Waals surface area contributed by atoms with E-state index in [2.05, 4.69) is 4.99 Å². The van der Waals surface area contributed by atoms with E-state index < -0.39 is 30.1 Å². The van der Waals surface area contributed by atoms with Gasteiger partial charge in [0, 0.05) is 18.7 Å². The molecule has 0 heterocycles. The molecule has 0 spiro atoms. The standard InChI is InChI=1S/C16H29NO5/c1-8-16(6,9-17-7)13(5)22-14(19)10(2)12(4)21-15(20)11(3)18/h9-13,18H,8H2,1-7H3. The van der Waals surface area contributed by atoms with Gasteiger partial charge in [-0.2, -0.15) is 0 Å². The number of nitrogens with zero attached hydrogens (tertiary/aromatic N) is 1. The molecule has 0 radical (unpaired) electrons. The number of carbonyl (C=O) groups is 2. The monoisotopic (exact) mass is 315 g/mol. The molecule has 0 aromatic heterocycles. The number of ether oxygens (including phenoxy) is 2. The Labute approximate surface area is 132 Å². The number of carbonyl (C=O) groups excluding carboxylic acids is 2. The number of aliphatic hydroxyl groups is 1. The first-order chi connectivity index (χ1) is 10.1. The van der Waals surface area contributed by atoms with Gasteiger partial charge in [0.25, 0.3) is 0 Å². The molecule has 0 aromatic carbocycles. The van der Waals surface area contributed by atoms with Crippen LogP contribution >= 0.6 is 0 Å². The van der Waals surface area contributed by atoms with Crippen LogP contribution in [0.1, 0.15) is 48.0 Å². The van der Waals surface area contributed by atoms with E-state index in [1.54, 1.807) is 27.1 Å². The lowest BCUT2D eigenvalue weighted by Gasteiger charge is -2.31. The van der Waals surface area contributed by atoms with E-state index in [0.717, 1.165) is 6.42 Å². The van der Waals surface area contributed by atoms with E-state index in [0.29, 0.717) is 0 Å². The SMILES string of the molecule is CCC(C)(C=NC)C(C)OC(=O)C(C)C(C)OC(=O)C(C)O. The first-order valence-corrected chi connectivity index (χ1v) is 7.61. The second-order valence-corrected chi connectivity index (χ2v) is 5.93. The molecule has 22 heavy (non-hydrogen) atoms. The molecule has 5 unspecified atom stereocenters. The molecular formula is C16H29NO5. The zero-order valence-corrected chi connectivity index (χ0v) is 14.6. The molecule has 6 nitrogen and oxygen atoms in total. The van der Waals surface area contributed by atoms with Gasteiger partial charge >= 0.3 is 11.9 Å². The lowest BCUT2D eigenvalue weighted by atomic mass is 9.83. The van der Waals surface area contributed by atoms with Crippen LogP contribution < -0.4 is 0 Å². The van der Waals surface area contributed by atoms with Gasteiger partial charge in [-0.3, -0.25) is 4.79 Å². The average Bonchev–Trinajstić information content (AvgIpc) is 2.45. The predicted octanol–water partition coefficient (Wildman–Crippen LogP) is 1.98. The molecule has 6 heteroatoms. The van der Waals surface area contributed by atoms with Gasteiger partial charge in [0.1, 0.15) is 18.3 Å². The van der Waals surface area contributed by atoms with E-state index in [-0.39, 0.29) is 11.5 Å². The Bertz CT molecular complexity index is 407. The molecule has 0 rings (SSSR count). The van der Waals surface area contributed by atoms with Crippen LogP contribution in [0.5, 0.6) is 0 Å². The maximum Gasteiger partial charge on any atom is 0.334 e. The van der Waals surface area contributed by atoms with Crippen LogP contribution in [0.2, 0.25) is 0 Å². The van der Waals surface area contributed by atoms with Gasteiger partial charge in [0.2, 0.25) is 0 Å². The van der Waals surface area contributed by atoms with E-state index in [1.165, 1.54) is 6.92 Å². The summed E-state index contributed by atoms with van der Waals surface area (Å²) in [5.74, 6) is -1.82. The topological polar surface area (TPSA) is 85.2 Å². The Hall–Kier alpha value is -1.43. The summed E-state index contributed by atoms with van der Waals surface area (Å²) in [5.41, 5.74) is -0.344. The van der Waals surface area contributed by atoms with Crippen molar-refractivity contribution in [3.8, 4) is 0 Å². The molecule has 0 bridgehead atoms. The zero-order chi connectivity index (χ0) is 17.5. The van der Waals surface area contributed by atoms with Gasteiger partial charge < -0.3 is 19.6 Å². The van der Waals surface area contributed by atoms with Gasteiger partial charge in [0.15, 0.2) is 0 Å². The van der Waals surface area contributed by atoms with Gasteiger partial charge in [-0.25, -0.2) is 4.79 Å². The number of esters is 2. The van der Waals surface area contributed by atoms with Crippen LogP contribution in [0.3, 0.4) is 0 Å². The second kappa shape index (κ2) is 8.88. The molecular weight excluding hydrogens is 286 g/mol. The maximum absolute atomic E-state index is 12.2. The summed E-state index contributed by atoms with van der Waals surface area (Å²) in [4.78, 5) is 27.6. The van der Waals surface area contributed by atoms with Crippen LogP contribution in [0, 0.1) is 11.3 Å². The molecule has 0 aliphatic carbocycles. The van der Waals surface area contributed by atoms with E-state index in [1.807, 2.05) is 20.8 Å². The fourth-order valence-electron chi connectivity index (χ4n) is 1.77. The second-order valence-electron chi connectivity index (χ2n) is 5.93. The summed E-state index contributed by atoms with van der Waals surface area (Å²) in [6, 6.07) is 0. The van der Waals surface area contributed by atoms with Crippen molar-refractivity contribution in [2.45, 2.75) is 66.3 Å². The summed E-state index contributed by atoms with van der Waals surface area (Å²) < 4.78 is 10.5. The number of rotatable bonds is 8. The summed E-state index contributed by atoms with van der Waals surface area (Å²) in [6.07, 6.45) is 0.325. The van der Waals surface area contributed by atoms with Crippen LogP contribution in [-0.2, 0) is 19.1 Å². The average molecular weight is 315 g/mol. The lowest BCUT2D eigenvalue weighted by Crippen LogP contribution is -2.39.